The first-order valence-electron chi connectivity index (χ1n) is 6.13. The van der Waals surface area contributed by atoms with Gasteiger partial charge in [-0.05, 0) is 12.5 Å². The zero-order valence-corrected chi connectivity index (χ0v) is 11.4. The topological polar surface area (TPSA) is 69.7 Å². The normalized spacial score (nSPS) is 10.3. The van der Waals surface area contributed by atoms with Crippen LogP contribution in [0.25, 0.3) is 6.08 Å². The first kappa shape index (κ1) is 15.6. The van der Waals surface area contributed by atoms with Crippen LogP contribution in [0, 0.1) is 0 Å². The van der Waals surface area contributed by atoms with E-state index < -0.39 is 11.8 Å². The number of hydrogen-bond acceptors (Lipinski definition) is 5. The number of carbonyl (C=O) groups excluding carboxylic acids is 3. The first-order chi connectivity index (χ1) is 9.58. The fourth-order valence-corrected chi connectivity index (χ4v) is 1.43. The van der Waals surface area contributed by atoms with Gasteiger partial charge in [-0.25, -0.2) is 4.79 Å². The Morgan fingerprint density at radius 3 is 2.35 bits per heavy atom. The molecule has 0 atom stereocenters. The minimum atomic E-state index is -0.860. The van der Waals surface area contributed by atoms with E-state index in [4.69, 9.17) is 0 Å². The number of ketones is 1. The van der Waals surface area contributed by atoms with E-state index in [9.17, 15) is 14.4 Å². The highest BCUT2D eigenvalue weighted by Crippen LogP contribution is 2.08. The molecule has 0 aliphatic heterocycles. The molecule has 0 aromatic heterocycles. The minimum absolute atomic E-state index is 0.166. The van der Waals surface area contributed by atoms with Crippen LogP contribution in [0.1, 0.15) is 29.3 Å². The molecule has 0 radical (unpaired) electrons. The van der Waals surface area contributed by atoms with Crippen molar-refractivity contribution in [1.29, 1.82) is 0 Å². The maximum Gasteiger partial charge on any atom is 0.379 e. The van der Waals surface area contributed by atoms with Gasteiger partial charge < -0.3 is 9.47 Å². The van der Waals surface area contributed by atoms with Crippen LogP contribution in [-0.4, -0.2) is 31.4 Å². The van der Waals surface area contributed by atoms with Gasteiger partial charge in [0.2, 0.25) is 0 Å². The number of esters is 2. The molecule has 0 fully saturated rings. The quantitative estimate of drug-likeness (QED) is 0.451. The highest BCUT2D eigenvalue weighted by atomic mass is 16.5. The lowest BCUT2D eigenvalue weighted by Crippen LogP contribution is -2.17. The second-order valence-corrected chi connectivity index (χ2v) is 3.85. The van der Waals surface area contributed by atoms with Gasteiger partial charge in [0.05, 0.1) is 20.1 Å². The van der Waals surface area contributed by atoms with Gasteiger partial charge in [-0.2, -0.15) is 0 Å². The maximum absolute atomic E-state index is 11.6. The number of ether oxygens (including phenoxy) is 2. The number of carbonyl (C=O) groups is 3. The Balaban J connectivity index is 2.67. The van der Waals surface area contributed by atoms with Crippen molar-refractivity contribution in [2.75, 3.05) is 13.7 Å². The molecule has 0 aliphatic rings. The lowest BCUT2D eigenvalue weighted by molar-refractivity contribution is -0.139. The van der Waals surface area contributed by atoms with E-state index in [1.54, 1.807) is 31.2 Å². The molecule has 0 aliphatic carbocycles. The molecule has 1 rings (SSSR count). The molecule has 106 valence electrons. The number of rotatable bonds is 6. The van der Waals surface area contributed by atoms with Crippen molar-refractivity contribution in [1.82, 2.24) is 0 Å². The van der Waals surface area contributed by atoms with Crippen LogP contribution in [0.4, 0.5) is 0 Å². The Labute approximate surface area is 117 Å². The smallest absolute Gasteiger partial charge is 0.379 e. The van der Waals surface area contributed by atoms with Gasteiger partial charge in [0, 0.05) is 5.56 Å². The van der Waals surface area contributed by atoms with E-state index in [2.05, 4.69) is 9.47 Å². The van der Waals surface area contributed by atoms with Crippen LogP contribution in [0.2, 0.25) is 0 Å². The Morgan fingerprint density at radius 2 is 1.80 bits per heavy atom. The molecule has 0 heterocycles. The molecule has 0 saturated carbocycles. The third kappa shape index (κ3) is 4.68. The predicted molar refractivity (Wildman–Crippen MR) is 73.1 cm³/mol. The summed E-state index contributed by atoms with van der Waals surface area (Å²) in [5.74, 6) is -1.85. The Kier molecular flexibility index (Phi) is 6.16. The molecule has 0 spiro atoms. The van der Waals surface area contributed by atoms with Crippen molar-refractivity contribution < 1.29 is 23.9 Å². The summed E-state index contributed by atoms with van der Waals surface area (Å²) in [6.45, 7) is 1.80. The monoisotopic (exact) mass is 276 g/mol. The van der Waals surface area contributed by atoms with Crippen LogP contribution >= 0.6 is 0 Å². The molecule has 5 heteroatoms. The molecule has 20 heavy (non-hydrogen) atoms. The summed E-state index contributed by atoms with van der Waals surface area (Å²) in [4.78, 5) is 33.8. The number of hydrogen-bond donors (Lipinski definition) is 0. The fraction of sp³-hybridized carbons (Fsp3) is 0.267. The summed E-state index contributed by atoms with van der Waals surface area (Å²) in [5, 5.41) is 0. The van der Waals surface area contributed by atoms with Gasteiger partial charge in [0.25, 0.3) is 5.78 Å². The van der Waals surface area contributed by atoms with Gasteiger partial charge >= 0.3 is 11.9 Å². The lowest BCUT2D eigenvalue weighted by Gasteiger charge is -2.01. The van der Waals surface area contributed by atoms with E-state index in [0.717, 1.165) is 5.56 Å². The summed E-state index contributed by atoms with van der Waals surface area (Å²) in [6, 6.07) is 6.44. The van der Waals surface area contributed by atoms with Crippen molar-refractivity contribution in [2.45, 2.75) is 13.3 Å². The summed E-state index contributed by atoms with van der Waals surface area (Å²) in [6.07, 6.45) is 3.57. The van der Waals surface area contributed by atoms with Gasteiger partial charge in [0.15, 0.2) is 0 Å². The van der Waals surface area contributed by atoms with Crippen molar-refractivity contribution in [3.8, 4) is 0 Å². The van der Waals surface area contributed by atoms with E-state index in [0.29, 0.717) is 0 Å². The molecule has 5 nitrogen and oxygen atoms in total. The number of benzene rings is 1. The Morgan fingerprint density at radius 1 is 1.15 bits per heavy atom. The molecule has 0 N–H and O–H groups in total. The third-order valence-corrected chi connectivity index (χ3v) is 2.46. The highest BCUT2D eigenvalue weighted by molar-refractivity contribution is 6.40. The number of methoxy groups -OCH3 is 1. The summed E-state index contributed by atoms with van der Waals surface area (Å²) in [7, 11) is 1.33. The predicted octanol–water partition coefficient (Wildman–Crippen LogP) is 2.01. The second-order valence-electron chi connectivity index (χ2n) is 3.85. The summed E-state index contributed by atoms with van der Waals surface area (Å²) < 4.78 is 9.14. The van der Waals surface area contributed by atoms with E-state index in [-0.39, 0.29) is 24.6 Å². The maximum atomic E-state index is 11.6. The zero-order chi connectivity index (χ0) is 15.0. The zero-order valence-electron chi connectivity index (χ0n) is 11.4. The van der Waals surface area contributed by atoms with Crippen LogP contribution in [0.3, 0.4) is 0 Å². The lowest BCUT2D eigenvalue weighted by atomic mass is 10.1. The molecule has 0 bridgehead atoms. The highest BCUT2D eigenvalue weighted by Gasteiger charge is 2.16. The second kappa shape index (κ2) is 7.89. The van der Waals surface area contributed by atoms with Crippen LogP contribution in [0.15, 0.2) is 30.3 Å². The van der Waals surface area contributed by atoms with E-state index >= 15 is 0 Å². The molecule has 1 aromatic carbocycles. The van der Waals surface area contributed by atoms with Gasteiger partial charge in [-0.15, -0.1) is 0 Å². The Hall–Kier alpha value is -2.43. The van der Waals surface area contributed by atoms with Crippen molar-refractivity contribution in [3.05, 3.63) is 41.5 Å². The summed E-state index contributed by atoms with van der Waals surface area (Å²) in [5.41, 5.74) is 1.09. The van der Waals surface area contributed by atoms with Crippen molar-refractivity contribution in [3.63, 3.8) is 0 Å². The SMILES string of the molecule is CCOC(=O)C(=O)c1ccc(C=CCC(=O)OC)cc1. The van der Waals surface area contributed by atoms with Crippen molar-refractivity contribution >= 4 is 23.8 Å². The van der Waals surface area contributed by atoms with Gasteiger partial charge in [-0.1, -0.05) is 36.4 Å². The third-order valence-electron chi connectivity index (χ3n) is 2.46. The van der Waals surface area contributed by atoms with E-state index in [1.165, 1.54) is 19.2 Å². The first-order valence-corrected chi connectivity index (χ1v) is 6.13. The van der Waals surface area contributed by atoms with Crippen LogP contribution in [0.5, 0.6) is 0 Å². The molecular formula is C15H16O5. The average molecular weight is 276 g/mol. The molecule has 0 amide bonds. The number of Topliss-reactive ketones (excluding diaryl/α,β-unsaturated/α-hetero) is 1. The van der Waals surface area contributed by atoms with Gasteiger partial charge in [0.1, 0.15) is 0 Å². The van der Waals surface area contributed by atoms with Crippen molar-refractivity contribution in [2.24, 2.45) is 0 Å². The summed E-state index contributed by atoms with van der Waals surface area (Å²) >= 11 is 0. The van der Waals surface area contributed by atoms with Crippen LogP contribution in [-0.2, 0) is 19.1 Å². The standard InChI is InChI=1S/C15H16O5/c1-3-20-15(18)14(17)12-9-7-11(8-10-12)5-4-6-13(16)19-2/h4-5,7-10H,3,6H2,1-2H3. The molecular weight excluding hydrogens is 260 g/mol. The Bertz CT molecular complexity index is 514. The molecule has 0 unspecified atom stereocenters. The largest absolute Gasteiger partial charge is 0.469 e. The fourth-order valence-electron chi connectivity index (χ4n) is 1.43. The van der Waals surface area contributed by atoms with Crippen LogP contribution < -0.4 is 0 Å². The molecule has 0 saturated heterocycles. The van der Waals surface area contributed by atoms with Gasteiger partial charge in [-0.3, -0.25) is 9.59 Å². The van der Waals surface area contributed by atoms with E-state index in [1.807, 2.05) is 0 Å². The minimum Gasteiger partial charge on any atom is -0.469 e. The molecule has 1 aromatic rings. The average Bonchev–Trinajstić information content (AvgIpc) is 2.47.